The molecular formula is C15H23FN2. The summed E-state index contributed by atoms with van der Waals surface area (Å²) in [6.45, 7) is 4.22. The first-order valence-corrected chi connectivity index (χ1v) is 7.07. The van der Waals surface area contributed by atoms with Gasteiger partial charge >= 0.3 is 0 Å². The average Bonchev–Trinajstić information content (AvgIpc) is 2.34. The Labute approximate surface area is 109 Å². The summed E-state index contributed by atoms with van der Waals surface area (Å²) in [5.41, 5.74) is 0.615. The van der Waals surface area contributed by atoms with Gasteiger partial charge in [0.15, 0.2) is 0 Å². The van der Waals surface area contributed by atoms with E-state index in [0.29, 0.717) is 5.69 Å². The van der Waals surface area contributed by atoms with Gasteiger partial charge in [0.2, 0.25) is 0 Å². The maximum Gasteiger partial charge on any atom is 0.146 e. The van der Waals surface area contributed by atoms with E-state index >= 15 is 0 Å². The van der Waals surface area contributed by atoms with Crippen molar-refractivity contribution in [2.75, 3.05) is 31.5 Å². The highest BCUT2D eigenvalue weighted by atomic mass is 19.1. The van der Waals surface area contributed by atoms with E-state index in [1.165, 1.54) is 51.3 Å². The van der Waals surface area contributed by atoms with Gasteiger partial charge in [0.25, 0.3) is 0 Å². The van der Waals surface area contributed by atoms with E-state index in [1.807, 2.05) is 6.07 Å². The molecule has 18 heavy (non-hydrogen) atoms. The van der Waals surface area contributed by atoms with Crippen LogP contribution in [0.4, 0.5) is 10.1 Å². The predicted octanol–water partition coefficient (Wildman–Crippen LogP) is 3.50. The van der Waals surface area contributed by atoms with Crippen LogP contribution in [0.25, 0.3) is 0 Å². The van der Waals surface area contributed by atoms with Crippen molar-refractivity contribution in [2.45, 2.75) is 32.1 Å². The Balaban J connectivity index is 1.72. The average molecular weight is 250 g/mol. The third-order valence-electron chi connectivity index (χ3n) is 3.57. The molecule has 0 spiro atoms. The number of halogens is 1. The molecular weight excluding hydrogens is 227 g/mol. The molecule has 100 valence electrons. The molecule has 0 atom stereocenters. The molecule has 3 heteroatoms. The predicted molar refractivity (Wildman–Crippen MR) is 74.4 cm³/mol. The van der Waals surface area contributed by atoms with Crippen LogP contribution in [0.1, 0.15) is 32.1 Å². The summed E-state index contributed by atoms with van der Waals surface area (Å²) in [7, 11) is 0. The topological polar surface area (TPSA) is 15.3 Å². The lowest BCUT2D eigenvalue weighted by Crippen LogP contribution is -2.32. The molecule has 0 aromatic heterocycles. The van der Waals surface area contributed by atoms with E-state index in [1.54, 1.807) is 12.1 Å². The van der Waals surface area contributed by atoms with Gasteiger partial charge in [-0.15, -0.1) is 0 Å². The van der Waals surface area contributed by atoms with Crippen LogP contribution in [0.15, 0.2) is 24.3 Å². The van der Waals surface area contributed by atoms with E-state index in [4.69, 9.17) is 0 Å². The molecule has 2 nitrogen and oxygen atoms in total. The molecule has 0 unspecified atom stereocenters. The largest absolute Gasteiger partial charge is 0.381 e. The second kappa shape index (κ2) is 7.37. The Morgan fingerprint density at radius 1 is 1.00 bits per heavy atom. The minimum Gasteiger partial charge on any atom is -0.381 e. The summed E-state index contributed by atoms with van der Waals surface area (Å²) in [4.78, 5) is 2.49. The van der Waals surface area contributed by atoms with E-state index in [2.05, 4.69) is 10.2 Å². The normalized spacial score (nSPS) is 18.1. The molecule has 1 aromatic carbocycles. The first-order chi connectivity index (χ1) is 8.86. The molecule has 1 aliphatic rings. The Hall–Kier alpha value is -1.09. The molecule has 1 heterocycles. The molecule has 0 bridgehead atoms. The maximum atomic E-state index is 13.4. The second-order valence-corrected chi connectivity index (χ2v) is 5.02. The van der Waals surface area contributed by atoms with Crippen LogP contribution >= 0.6 is 0 Å². The third kappa shape index (κ3) is 4.30. The highest BCUT2D eigenvalue weighted by Crippen LogP contribution is 2.13. The first-order valence-electron chi connectivity index (χ1n) is 7.07. The van der Waals surface area contributed by atoms with Crippen molar-refractivity contribution in [1.82, 2.24) is 4.90 Å². The zero-order valence-corrected chi connectivity index (χ0v) is 11.0. The zero-order valence-electron chi connectivity index (χ0n) is 11.0. The number of nitrogens with one attached hydrogen (secondary N) is 1. The summed E-state index contributed by atoms with van der Waals surface area (Å²) in [5, 5.41) is 3.18. The van der Waals surface area contributed by atoms with Gasteiger partial charge in [0.05, 0.1) is 5.69 Å². The van der Waals surface area contributed by atoms with Crippen molar-refractivity contribution < 1.29 is 4.39 Å². The Kier molecular flexibility index (Phi) is 5.46. The minimum absolute atomic E-state index is 0.162. The number of benzene rings is 1. The number of likely N-dealkylation sites (tertiary alicyclic amines) is 1. The van der Waals surface area contributed by atoms with Gasteiger partial charge in [-0.1, -0.05) is 31.4 Å². The van der Waals surface area contributed by atoms with Crippen LogP contribution in [0.2, 0.25) is 0 Å². The first kappa shape index (κ1) is 13.3. The fourth-order valence-electron chi connectivity index (χ4n) is 2.49. The molecule has 0 radical (unpaired) electrons. The Morgan fingerprint density at radius 2 is 1.67 bits per heavy atom. The molecule has 2 rings (SSSR count). The molecule has 1 aromatic rings. The van der Waals surface area contributed by atoms with Crippen molar-refractivity contribution in [3.8, 4) is 0 Å². The minimum atomic E-state index is -0.162. The summed E-state index contributed by atoms with van der Waals surface area (Å²) in [6.07, 6.45) is 6.72. The van der Waals surface area contributed by atoms with Gasteiger partial charge in [0.1, 0.15) is 5.82 Å². The molecule has 1 N–H and O–H groups in total. The second-order valence-electron chi connectivity index (χ2n) is 5.02. The number of para-hydroxylation sites is 1. The van der Waals surface area contributed by atoms with Gasteiger partial charge in [-0.05, 0) is 38.1 Å². The molecule has 0 saturated carbocycles. The highest BCUT2D eigenvalue weighted by Gasteiger charge is 2.07. The van der Waals surface area contributed by atoms with E-state index in [9.17, 15) is 4.39 Å². The van der Waals surface area contributed by atoms with Crippen LogP contribution in [0.5, 0.6) is 0 Å². The highest BCUT2D eigenvalue weighted by molar-refractivity contribution is 5.44. The van der Waals surface area contributed by atoms with Crippen LogP contribution in [-0.2, 0) is 0 Å². The van der Waals surface area contributed by atoms with Gasteiger partial charge in [-0.3, -0.25) is 0 Å². The van der Waals surface area contributed by atoms with Crippen LogP contribution < -0.4 is 5.32 Å². The van der Waals surface area contributed by atoms with E-state index in [-0.39, 0.29) is 5.82 Å². The number of hydrogen-bond acceptors (Lipinski definition) is 2. The molecule has 0 aliphatic carbocycles. The number of anilines is 1. The summed E-state index contributed by atoms with van der Waals surface area (Å²) >= 11 is 0. The van der Waals surface area contributed by atoms with Gasteiger partial charge < -0.3 is 10.2 Å². The van der Waals surface area contributed by atoms with Crippen LogP contribution in [-0.4, -0.2) is 31.1 Å². The van der Waals surface area contributed by atoms with Crippen LogP contribution in [0.3, 0.4) is 0 Å². The number of rotatable bonds is 4. The third-order valence-corrected chi connectivity index (χ3v) is 3.57. The number of hydrogen-bond donors (Lipinski definition) is 1. The molecule has 1 aliphatic heterocycles. The van der Waals surface area contributed by atoms with Crippen molar-refractivity contribution in [3.63, 3.8) is 0 Å². The van der Waals surface area contributed by atoms with Crippen molar-refractivity contribution >= 4 is 5.69 Å². The molecule has 1 fully saturated rings. The van der Waals surface area contributed by atoms with Crippen molar-refractivity contribution in [3.05, 3.63) is 30.1 Å². The summed E-state index contributed by atoms with van der Waals surface area (Å²) < 4.78 is 13.4. The quantitative estimate of drug-likeness (QED) is 0.879. The van der Waals surface area contributed by atoms with Gasteiger partial charge in [-0.25, -0.2) is 4.39 Å². The fourth-order valence-corrected chi connectivity index (χ4v) is 2.49. The summed E-state index contributed by atoms with van der Waals surface area (Å²) in [6, 6.07) is 6.88. The monoisotopic (exact) mass is 250 g/mol. The maximum absolute atomic E-state index is 13.4. The molecule has 1 saturated heterocycles. The Morgan fingerprint density at radius 3 is 2.39 bits per heavy atom. The Bertz CT molecular complexity index is 346. The lowest BCUT2D eigenvalue weighted by atomic mass is 10.1. The smallest absolute Gasteiger partial charge is 0.146 e. The number of nitrogens with zero attached hydrogens (tertiary/aromatic N) is 1. The molecule has 0 amide bonds. The standard InChI is InChI=1S/C15H23FN2/c16-14-8-4-5-9-15(14)17-10-13-18-11-6-2-1-3-7-12-18/h4-5,8-9,17H,1-3,6-7,10-13H2. The SMILES string of the molecule is Fc1ccccc1NCCN1CCCCCCC1. The van der Waals surface area contributed by atoms with Crippen molar-refractivity contribution in [2.24, 2.45) is 0 Å². The van der Waals surface area contributed by atoms with Gasteiger partial charge in [-0.2, -0.15) is 0 Å². The van der Waals surface area contributed by atoms with Crippen LogP contribution in [0, 0.1) is 5.82 Å². The fraction of sp³-hybridized carbons (Fsp3) is 0.600. The lowest BCUT2D eigenvalue weighted by Gasteiger charge is -2.24. The van der Waals surface area contributed by atoms with E-state index < -0.39 is 0 Å². The lowest BCUT2D eigenvalue weighted by molar-refractivity contribution is 0.256. The van der Waals surface area contributed by atoms with E-state index in [0.717, 1.165) is 13.1 Å². The van der Waals surface area contributed by atoms with Crippen molar-refractivity contribution in [1.29, 1.82) is 0 Å². The summed E-state index contributed by atoms with van der Waals surface area (Å²) in [5.74, 6) is -0.162. The zero-order chi connectivity index (χ0) is 12.6. The van der Waals surface area contributed by atoms with Gasteiger partial charge in [0, 0.05) is 13.1 Å².